The average Bonchev–Trinajstić information content (AvgIpc) is 3.45. The van der Waals surface area contributed by atoms with Crippen LogP contribution < -0.4 is 10.1 Å². The highest BCUT2D eigenvalue weighted by atomic mass is 16.5. The first kappa shape index (κ1) is 14.2. The predicted octanol–water partition coefficient (Wildman–Crippen LogP) is 2.34. The molecule has 4 rings (SSSR count). The molecule has 2 heterocycles. The van der Waals surface area contributed by atoms with Crippen molar-refractivity contribution < 1.29 is 9.53 Å². The van der Waals surface area contributed by atoms with Crippen molar-refractivity contribution in [2.75, 3.05) is 13.2 Å². The molecule has 1 fully saturated rings. The summed E-state index contributed by atoms with van der Waals surface area (Å²) in [5.74, 6) is 2.50. The molecule has 1 N–H and O–H groups in total. The summed E-state index contributed by atoms with van der Waals surface area (Å²) in [5.41, 5.74) is 1.72. The number of nitrogens with zero attached hydrogens (tertiary/aromatic N) is 2. The number of amides is 1. The second-order valence-corrected chi connectivity index (χ2v) is 6.30. The Hall–Kier alpha value is -2.43. The van der Waals surface area contributed by atoms with Gasteiger partial charge in [-0.25, -0.2) is 9.97 Å². The maximum absolute atomic E-state index is 12.2. The van der Waals surface area contributed by atoms with Gasteiger partial charge >= 0.3 is 0 Å². The summed E-state index contributed by atoms with van der Waals surface area (Å²) in [7, 11) is 0. The maximum Gasteiger partial charge on any atom is 0.254 e. The van der Waals surface area contributed by atoms with E-state index in [2.05, 4.69) is 21.4 Å². The van der Waals surface area contributed by atoms with Gasteiger partial charge in [0, 0.05) is 30.8 Å². The molecule has 0 radical (unpaired) electrons. The monoisotopic (exact) mass is 309 g/mol. The van der Waals surface area contributed by atoms with Gasteiger partial charge in [0.1, 0.15) is 11.6 Å². The number of aromatic nitrogens is 2. The summed E-state index contributed by atoms with van der Waals surface area (Å²) in [5, 5.41) is 2.96. The fourth-order valence-electron chi connectivity index (χ4n) is 2.87. The zero-order valence-electron chi connectivity index (χ0n) is 12.9. The summed E-state index contributed by atoms with van der Waals surface area (Å²) >= 11 is 0. The minimum Gasteiger partial charge on any atom is -0.493 e. The lowest BCUT2D eigenvalue weighted by atomic mass is 9.97. The first-order chi connectivity index (χ1) is 11.3. The summed E-state index contributed by atoms with van der Waals surface area (Å²) in [6, 6.07) is 8.06. The van der Waals surface area contributed by atoms with Gasteiger partial charge in [-0.3, -0.25) is 4.79 Å². The van der Waals surface area contributed by atoms with Crippen LogP contribution in [0, 0.1) is 5.92 Å². The number of rotatable bonds is 4. The van der Waals surface area contributed by atoms with E-state index >= 15 is 0 Å². The van der Waals surface area contributed by atoms with Crippen molar-refractivity contribution in [3.8, 4) is 5.75 Å². The molecule has 0 spiro atoms. The molecule has 1 atom stereocenters. The van der Waals surface area contributed by atoms with E-state index in [9.17, 15) is 4.79 Å². The lowest BCUT2D eigenvalue weighted by molar-refractivity contribution is 0.0938. The van der Waals surface area contributed by atoms with Crippen molar-refractivity contribution in [3.63, 3.8) is 0 Å². The highest BCUT2D eigenvalue weighted by Gasteiger charge is 2.26. The molecule has 5 heteroatoms. The van der Waals surface area contributed by atoms with Gasteiger partial charge in [-0.2, -0.15) is 0 Å². The maximum atomic E-state index is 12.2. The predicted molar refractivity (Wildman–Crippen MR) is 85.5 cm³/mol. The van der Waals surface area contributed by atoms with Gasteiger partial charge in [0.15, 0.2) is 0 Å². The van der Waals surface area contributed by atoms with E-state index in [4.69, 9.17) is 4.74 Å². The van der Waals surface area contributed by atoms with E-state index in [1.165, 1.54) is 5.56 Å². The molecule has 1 aliphatic heterocycles. The number of hydrogen-bond donors (Lipinski definition) is 1. The van der Waals surface area contributed by atoms with Crippen LogP contribution in [0.1, 0.15) is 40.5 Å². The number of ether oxygens (including phenoxy) is 1. The van der Waals surface area contributed by atoms with Crippen LogP contribution in [0.5, 0.6) is 5.75 Å². The van der Waals surface area contributed by atoms with Crippen LogP contribution in [0.4, 0.5) is 0 Å². The van der Waals surface area contributed by atoms with Gasteiger partial charge in [-0.1, -0.05) is 18.2 Å². The fraction of sp³-hybridized carbons (Fsp3) is 0.389. The number of carbonyl (C=O) groups excluding carboxylic acids is 1. The van der Waals surface area contributed by atoms with Crippen LogP contribution in [-0.2, 0) is 6.42 Å². The third-order valence-electron chi connectivity index (χ3n) is 4.38. The fourth-order valence-corrected chi connectivity index (χ4v) is 2.87. The summed E-state index contributed by atoms with van der Waals surface area (Å²) in [6.07, 6.45) is 6.50. The standard InChI is InChI=1S/C18H19N3O2/c22-18(15-9-19-17(20-10-15)13-5-6-13)21-8-12-7-14-3-1-2-4-16(14)23-11-12/h1-4,9-10,12-13H,5-8,11H2,(H,21,22). The molecule has 118 valence electrons. The summed E-state index contributed by atoms with van der Waals surface area (Å²) in [6.45, 7) is 1.23. The Balaban J connectivity index is 1.33. The third kappa shape index (κ3) is 3.18. The highest BCUT2D eigenvalue weighted by molar-refractivity contribution is 5.93. The molecule has 1 unspecified atom stereocenters. The number of carbonyl (C=O) groups is 1. The van der Waals surface area contributed by atoms with Crippen LogP contribution in [0.15, 0.2) is 36.7 Å². The molecule has 1 aromatic heterocycles. The van der Waals surface area contributed by atoms with Gasteiger partial charge in [-0.05, 0) is 30.9 Å². The molecule has 0 saturated heterocycles. The van der Waals surface area contributed by atoms with Crippen molar-refractivity contribution in [3.05, 3.63) is 53.6 Å². The van der Waals surface area contributed by atoms with E-state index in [-0.39, 0.29) is 5.91 Å². The number of fused-ring (bicyclic) bond motifs is 1. The molecule has 1 saturated carbocycles. The zero-order valence-corrected chi connectivity index (χ0v) is 12.9. The van der Waals surface area contributed by atoms with E-state index < -0.39 is 0 Å². The molecule has 23 heavy (non-hydrogen) atoms. The molecule has 1 aromatic carbocycles. The number of nitrogens with one attached hydrogen (secondary N) is 1. The van der Waals surface area contributed by atoms with Gasteiger partial charge < -0.3 is 10.1 Å². The smallest absolute Gasteiger partial charge is 0.254 e. The first-order valence-electron chi connectivity index (χ1n) is 8.10. The lowest BCUT2D eigenvalue weighted by Crippen LogP contribution is -2.34. The number of para-hydroxylation sites is 1. The minimum absolute atomic E-state index is 0.119. The molecule has 5 nitrogen and oxygen atoms in total. The Bertz CT molecular complexity index is 710. The van der Waals surface area contributed by atoms with Crippen LogP contribution in [-0.4, -0.2) is 29.0 Å². The molecule has 1 amide bonds. The Kier molecular flexibility index (Phi) is 3.69. The number of benzene rings is 1. The van der Waals surface area contributed by atoms with Crippen molar-refractivity contribution in [1.82, 2.24) is 15.3 Å². The summed E-state index contributed by atoms with van der Waals surface area (Å²) in [4.78, 5) is 20.8. The van der Waals surface area contributed by atoms with Crippen molar-refractivity contribution in [1.29, 1.82) is 0 Å². The molecular weight excluding hydrogens is 290 g/mol. The van der Waals surface area contributed by atoms with Gasteiger partial charge in [0.05, 0.1) is 12.2 Å². The van der Waals surface area contributed by atoms with Crippen LogP contribution in [0.25, 0.3) is 0 Å². The molecule has 2 aromatic rings. The van der Waals surface area contributed by atoms with Crippen molar-refractivity contribution in [2.45, 2.75) is 25.2 Å². The van der Waals surface area contributed by atoms with Crippen LogP contribution in [0.3, 0.4) is 0 Å². The molecule has 0 bridgehead atoms. The first-order valence-corrected chi connectivity index (χ1v) is 8.10. The SMILES string of the molecule is O=C(NCC1COc2ccccc2C1)c1cnc(C2CC2)nc1. The van der Waals surface area contributed by atoms with E-state index in [1.807, 2.05) is 18.2 Å². The third-order valence-corrected chi connectivity index (χ3v) is 4.38. The quantitative estimate of drug-likeness (QED) is 0.941. The average molecular weight is 309 g/mol. The van der Waals surface area contributed by atoms with Crippen molar-refractivity contribution in [2.24, 2.45) is 5.92 Å². The van der Waals surface area contributed by atoms with Gasteiger partial charge in [-0.15, -0.1) is 0 Å². The molecular formula is C18H19N3O2. The van der Waals surface area contributed by atoms with Crippen LogP contribution in [0.2, 0.25) is 0 Å². The van der Waals surface area contributed by atoms with Crippen LogP contribution >= 0.6 is 0 Å². The lowest BCUT2D eigenvalue weighted by Gasteiger charge is -2.25. The summed E-state index contributed by atoms with van der Waals surface area (Å²) < 4.78 is 5.75. The molecule has 2 aliphatic rings. The van der Waals surface area contributed by atoms with E-state index in [0.717, 1.165) is 30.8 Å². The topological polar surface area (TPSA) is 64.1 Å². The minimum atomic E-state index is -0.119. The van der Waals surface area contributed by atoms with Crippen molar-refractivity contribution >= 4 is 5.91 Å². The Morgan fingerprint density at radius 1 is 1.22 bits per heavy atom. The number of hydrogen-bond acceptors (Lipinski definition) is 4. The second-order valence-electron chi connectivity index (χ2n) is 6.30. The second kappa shape index (κ2) is 5.99. The highest BCUT2D eigenvalue weighted by Crippen LogP contribution is 2.37. The zero-order chi connectivity index (χ0) is 15.6. The molecule has 1 aliphatic carbocycles. The van der Waals surface area contributed by atoms with E-state index in [0.29, 0.717) is 30.6 Å². The Morgan fingerprint density at radius 3 is 2.78 bits per heavy atom. The normalized spacial score (nSPS) is 19.6. The Morgan fingerprint density at radius 2 is 2.00 bits per heavy atom. The van der Waals surface area contributed by atoms with Gasteiger partial charge in [0.25, 0.3) is 5.91 Å². The van der Waals surface area contributed by atoms with E-state index in [1.54, 1.807) is 12.4 Å². The largest absolute Gasteiger partial charge is 0.493 e. The Labute approximate surface area is 135 Å². The van der Waals surface area contributed by atoms with Gasteiger partial charge in [0.2, 0.25) is 0 Å².